The standard InChI is InChI=1S/C23H25ClN4OS/c1-14-18(24)9-10-19-22(14)26-23(25-19)20-11-17(29-3)12-28(20)27-13-21(30-15(27)2)16-7-5-4-6-8-16/h4-10,13,15,17,20H,11-12H2,1-3H3,(H,25,26)/t15?,17-,20-/m0/s1. The van der Waals surface area contributed by atoms with E-state index < -0.39 is 0 Å². The van der Waals surface area contributed by atoms with E-state index in [-0.39, 0.29) is 12.1 Å². The fraction of sp³-hybridized carbons (Fsp3) is 0.348. The van der Waals surface area contributed by atoms with E-state index in [2.05, 4.69) is 58.5 Å². The molecule has 7 heteroatoms. The van der Waals surface area contributed by atoms with E-state index in [1.807, 2.05) is 30.8 Å². The maximum atomic E-state index is 6.32. The Morgan fingerprint density at radius 3 is 2.77 bits per heavy atom. The van der Waals surface area contributed by atoms with Gasteiger partial charge in [0.15, 0.2) is 0 Å². The van der Waals surface area contributed by atoms with E-state index in [4.69, 9.17) is 21.3 Å². The number of ether oxygens (including phenoxy) is 1. The third-order valence-corrected chi connectivity index (χ3v) is 7.58. The van der Waals surface area contributed by atoms with Crippen LogP contribution in [0.4, 0.5) is 0 Å². The Balaban J connectivity index is 1.51. The third-order valence-electron chi connectivity index (χ3n) is 6.02. The number of hydrazine groups is 1. The van der Waals surface area contributed by atoms with E-state index in [1.165, 1.54) is 10.5 Å². The van der Waals surface area contributed by atoms with Gasteiger partial charge in [-0.25, -0.2) is 9.99 Å². The topological polar surface area (TPSA) is 44.4 Å². The number of thioether (sulfide) groups is 1. The number of aryl methyl sites for hydroxylation is 1. The number of aromatic nitrogens is 2. The molecule has 1 fully saturated rings. The summed E-state index contributed by atoms with van der Waals surface area (Å²) in [7, 11) is 1.79. The summed E-state index contributed by atoms with van der Waals surface area (Å²) in [4.78, 5) is 9.78. The van der Waals surface area contributed by atoms with Gasteiger partial charge in [-0.1, -0.05) is 53.7 Å². The number of imidazole rings is 1. The van der Waals surface area contributed by atoms with Gasteiger partial charge >= 0.3 is 0 Å². The smallest absolute Gasteiger partial charge is 0.126 e. The number of H-pyrrole nitrogens is 1. The van der Waals surface area contributed by atoms with Gasteiger partial charge in [-0.15, -0.1) is 0 Å². The maximum Gasteiger partial charge on any atom is 0.126 e. The number of nitrogens with zero attached hydrogens (tertiary/aromatic N) is 3. The van der Waals surface area contributed by atoms with Crippen molar-refractivity contribution < 1.29 is 4.74 Å². The molecule has 2 aliphatic rings. The number of halogens is 1. The van der Waals surface area contributed by atoms with Crippen LogP contribution < -0.4 is 0 Å². The summed E-state index contributed by atoms with van der Waals surface area (Å²) in [6.07, 6.45) is 3.32. The quantitative estimate of drug-likeness (QED) is 0.572. The van der Waals surface area contributed by atoms with Gasteiger partial charge in [0.05, 0.1) is 28.6 Å². The van der Waals surface area contributed by atoms with E-state index in [0.717, 1.165) is 40.4 Å². The monoisotopic (exact) mass is 440 g/mol. The lowest BCUT2D eigenvalue weighted by Crippen LogP contribution is -2.42. The van der Waals surface area contributed by atoms with Crippen molar-refractivity contribution in [2.45, 2.75) is 37.8 Å². The molecule has 2 aliphatic heterocycles. The maximum absolute atomic E-state index is 6.32. The van der Waals surface area contributed by atoms with Crippen LogP contribution in [0.5, 0.6) is 0 Å². The SMILES string of the molecule is CO[C@H]1C[C@@H](c2nc3c(C)c(Cl)ccc3[nH]2)N(N2C=C(c3ccccc3)SC2C)C1. The third kappa shape index (κ3) is 3.42. The van der Waals surface area contributed by atoms with Gasteiger partial charge in [-0.05, 0) is 43.5 Å². The zero-order valence-electron chi connectivity index (χ0n) is 17.3. The number of aromatic amines is 1. The first kappa shape index (κ1) is 19.9. The number of hydrogen-bond acceptors (Lipinski definition) is 5. The molecule has 3 atom stereocenters. The molecule has 1 unspecified atom stereocenters. The lowest BCUT2D eigenvalue weighted by molar-refractivity contribution is -0.00806. The van der Waals surface area contributed by atoms with Gasteiger partial charge in [0.2, 0.25) is 0 Å². The van der Waals surface area contributed by atoms with E-state index in [0.29, 0.717) is 5.37 Å². The Bertz CT molecular complexity index is 1100. The van der Waals surface area contributed by atoms with E-state index in [1.54, 1.807) is 7.11 Å². The molecule has 0 radical (unpaired) electrons. The molecule has 2 aromatic carbocycles. The van der Waals surface area contributed by atoms with Crippen molar-refractivity contribution >= 4 is 39.3 Å². The first-order valence-corrected chi connectivity index (χ1v) is 11.5. The van der Waals surface area contributed by atoms with Gasteiger partial charge in [0.1, 0.15) is 5.82 Å². The van der Waals surface area contributed by atoms with Gasteiger partial charge in [0, 0.05) is 29.8 Å². The second-order valence-corrected chi connectivity index (χ2v) is 9.64. The van der Waals surface area contributed by atoms with Crippen molar-refractivity contribution in [1.82, 2.24) is 20.0 Å². The Kier molecular flexibility index (Phi) is 5.27. The van der Waals surface area contributed by atoms with Crippen LogP contribution >= 0.6 is 23.4 Å². The molecule has 156 valence electrons. The Labute approximate surface area is 186 Å². The molecule has 0 aliphatic carbocycles. The van der Waals surface area contributed by atoms with Crippen LogP contribution in [0.3, 0.4) is 0 Å². The summed E-state index contributed by atoms with van der Waals surface area (Å²) in [5.74, 6) is 0.966. The highest BCUT2D eigenvalue weighted by Gasteiger charge is 2.41. The first-order valence-electron chi connectivity index (χ1n) is 10.2. The van der Waals surface area contributed by atoms with Crippen LogP contribution in [0.25, 0.3) is 15.9 Å². The highest BCUT2D eigenvalue weighted by molar-refractivity contribution is 8.09. The minimum absolute atomic E-state index is 0.120. The molecule has 3 heterocycles. The minimum atomic E-state index is 0.120. The van der Waals surface area contributed by atoms with Crippen LogP contribution in [-0.2, 0) is 4.74 Å². The molecule has 3 aromatic rings. The highest BCUT2D eigenvalue weighted by atomic mass is 35.5. The van der Waals surface area contributed by atoms with Crippen LogP contribution in [0.1, 0.15) is 36.3 Å². The Morgan fingerprint density at radius 2 is 2.00 bits per heavy atom. The summed E-state index contributed by atoms with van der Waals surface area (Å²) in [6.45, 7) is 5.10. The Hall–Kier alpha value is -1.99. The molecule has 1 saturated heterocycles. The molecule has 5 nitrogen and oxygen atoms in total. The van der Waals surface area contributed by atoms with Gasteiger partial charge < -0.3 is 9.72 Å². The summed E-state index contributed by atoms with van der Waals surface area (Å²) in [6, 6.07) is 14.6. The molecular formula is C23H25ClN4OS. The summed E-state index contributed by atoms with van der Waals surface area (Å²) in [5.41, 5.74) is 4.24. The van der Waals surface area contributed by atoms with Crippen molar-refractivity contribution in [1.29, 1.82) is 0 Å². The molecular weight excluding hydrogens is 416 g/mol. The number of rotatable bonds is 4. The zero-order valence-corrected chi connectivity index (χ0v) is 18.9. The molecule has 0 amide bonds. The first-order chi connectivity index (χ1) is 14.5. The molecule has 5 rings (SSSR count). The van der Waals surface area contributed by atoms with Crippen molar-refractivity contribution in [2.75, 3.05) is 13.7 Å². The molecule has 0 bridgehead atoms. The average Bonchev–Trinajstić information content (AvgIpc) is 3.47. The molecule has 0 spiro atoms. The van der Waals surface area contributed by atoms with E-state index >= 15 is 0 Å². The van der Waals surface area contributed by atoms with E-state index in [9.17, 15) is 0 Å². The number of hydrogen-bond donors (Lipinski definition) is 1. The normalized spacial score (nSPS) is 24.7. The predicted molar refractivity (Wildman–Crippen MR) is 124 cm³/mol. The molecule has 30 heavy (non-hydrogen) atoms. The van der Waals surface area contributed by atoms with Crippen LogP contribution in [0.2, 0.25) is 5.02 Å². The second-order valence-electron chi connectivity index (χ2n) is 7.88. The lowest BCUT2D eigenvalue weighted by atomic mass is 10.2. The van der Waals surface area contributed by atoms with Gasteiger partial charge in [0.25, 0.3) is 0 Å². The van der Waals surface area contributed by atoms with Crippen LogP contribution in [0.15, 0.2) is 48.7 Å². The number of methoxy groups -OCH3 is 1. The van der Waals surface area contributed by atoms with Crippen molar-refractivity contribution in [3.63, 3.8) is 0 Å². The lowest BCUT2D eigenvalue weighted by Gasteiger charge is -2.35. The van der Waals surface area contributed by atoms with Gasteiger partial charge in [-0.2, -0.15) is 0 Å². The summed E-state index contributed by atoms with van der Waals surface area (Å²) in [5, 5.41) is 5.80. The fourth-order valence-electron chi connectivity index (χ4n) is 4.35. The van der Waals surface area contributed by atoms with Crippen molar-refractivity contribution in [3.05, 3.63) is 70.6 Å². The fourth-order valence-corrected chi connectivity index (χ4v) is 5.60. The molecule has 0 saturated carbocycles. The summed E-state index contributed by atoms with van der Waals surface area (Å²) >= 11 is 8.21. The highest BCUT2D eigenvalue weighted by Crippen LogP contribution is 2.44. The average molecular weight is 441 g/mol. The Morgan fingerprint density at radius 1 is 1.20 bits per heavy atom. The van der Waals surface area contributed by atoms with Crippen molar-refractivity contribution in [3.8, 4) is 0 Å². The van der Waals surface area contributed by atoms with Gasteiger partial charge in [-0.3, -0.25) is 5.01 Å². The summed E-state index contributed by atoms with van der Waals surface area (Å²) < 4.78 is 5.76. The number of nitrogens with one attached hydrogen (secondary N) is 1. The zero-order chi connectivity index (χ0) is 20.8. The van der Waals surface area contributed by atoms with Crippen LogP contribution in [0, 0.1) is 6.92 Å². The molecule has 1 N–H and O–H groups in total. The second kappa shape index (κ2) is 7.93. The number of benzene rings is 2. The largest absolute Gasteiger partial charge is 0.380 e. The predicted octanol–water partition coefficient (Wildman–Crippen LogP) is 5.59. The number of fused-ring (bicyclic) bond motifs is 1. The molecule has 1 aromatic heterocycles. The van der Waals surface area contributed by atoms with Crippen molar-refractivity contribution in [2.24, 2.45) is 0 Å². The minimum Gasteiger partial charge on any atom is -0.380 e. The van der Waals surface area contributed by atoms with Crippen LogP contribution in [-0.4, -0.2) is 45.1 Å².